The summed E-state index contributed by atoms with van der Waals surface area (Å²) in [5.41, 5.74) is 5.11. The van der Waals surface area contributed by atoms with Crippen molar-refractivity contribution in [2.75, 3.05) is 5.73 Å². The lowest BCUT2D eigenvalue weighted by Gasteiger charge is -1.95. The maximum Gasteiger partial charge on any atom is 0.251 e. The molecule has 54 valence electrons. The van der Waals surface area contributed by atoms with Gasteiger partial charge in [0.2, 0.25) is 0 Å². The van der Waals surface area contributed by atoms with Gasteiger partial charge in [-0.1, -0.05) is 0 Å². The van der Waals surface area contributed by atoms with Gasteiger partial charge in [0.05, 0.1) is 3.57 Å². The molecule has 0 aliphatic carbocycles. The largest absolute Gasteiger partial charge is 0.384 e. The normalized spacial score (nSPS) is 9.90. The van der Waals surface area contributed by atoms with Crippen molar-refractivity contribution in [1.29, 1.82) is 0 Å². The van der Waals surface area contributed by atoms with E-state index >= 15 is 0 Å². The highest BCUT2D eigenvalue weighted by Crippen LogP contribution is 2.14. The molecule has 1 aromatic heterocycles. The number of hydrogen-bond acceptors (Lipinski definition) is 2. The Bertz CT molecular complexity index is 241. The zero-order valence-electron chi connectivity index (χ0n) is 4.74. The Hall–Kier alpha value is -0.460. The molecule has 5 heteroatoms. The van der Waals surface area contributed by atoms with Crippen LogP contribution >= 0.6 is 22.6 Å². The number of nitrogen functional groups attached to an aromatic ring is 1. The molecule has 0 radical (unpaired) electrons. The van der Waals surface area contributed by atoms with E-state index in [2.05, 4.69) is 4.98 Å². The molecule has 0 saturated heterocycles. The smallest absolute Gasteiger partial charge is 0.251 e. The molecule has 1 heterocycles. The van der Waals surface area contributed by atoms with E-state index in [1.54, 1.807) is 22.6 Å². The average molecular weight is 256 g/mol. The fourth-order valence-electron chi connectivity index (χ4n) is 0.486. The van der Waals surface area contributed by atoms with Crippen molar-refractivity contribution in [3.05, 3.63) is 21.4 Å². The first kappa shape index (κ1) is 7.64. The van der Waals surface area contributed by atoms with E-state index in [1.165, 1.54) is 6.07 Å². The van der Waals surface area contributed by atoms with Crippen LogP contribution < -0.4 is 5.73 Å². The SMILES string of the molecule is Nc1cc(I)c(F)c(F)n1. The average Bonchev–Trinajstić information content (AvgIpc) is 1.82. The molecule has 1 rings (SSSR count). The molecule has 0 spiro atoms. The van der Waals surface area contributed by atoms with Gasteiger partial charge in [-0.25, -0.2) is 9.37 Å². The van der Waals surface area contributed by atoms with Gasteiger partial charge in [0.25, 0.3) is 5.95 Å². The highest BCUT2D eigenvalue weighted by atomic mass is 127. The Labute approximate surface area is 69.6 Å². The van der Waals surface area contributed by atoms with Gasteiger partial charge in [0.1, 0.15) is 5.82 Å². The molecule has 1 aromatic rings. The lowest BCUT2D eigenvalue weighted by molar-refractivity contribution is 0.476. The van der Waals surface area contributed by atoms with E-state index in [1.807, 2.05) is 0 Å². The van der Waals surface area contributed by atoms with Crippen LogP contribution in [0.4, 0.5) is 14.6 Å². The molecule has 2 nitrogen and oxygen atoms in total. The Morgan fingerprint density at radius 1 is 1.50 bits per heavy atom. The van der Waals surface area contributed by atoms with E-state index in [-0.39, 0.29) is 9.39 Å². The third kappa shape index (κ3) is 1.34. The summed E-state index contributed by atoms with van der Waals surface area (Å²) < 4.78 is 24.8. The van der Waals surface area contributed by atoms with Gasteiger partial charge in [-0.15, -0.1) is 0 Å². The minimum Gasteiger partial charge on any atom is -0.384 e. The van der Waals surface area contributed by atoms with Gasteiger partial charge in [-0.2, -0.15) is 4.39 Å². The van der Waals surface area contributed by atoms with Crippen LogP contribution in [0.15, 0.2) is 6.07 Å². The molecule has 0 fully saturated rings. The molecule has 0 aliphatic rings. The zero-order valence-corrected chi connectivity index (χ0v) is 6.89. The predicted molar refractivity (Wildman–Crippen MR) is 41.3 cm³/mol. The molecule has 0 aliphatic heterocycles. The molecule has 0 unspecified atom stereocenters. The standard InChI is InChI=1S/C5H3F2IN2/c6-4-2(8)1-3(9)10-5(4)7/h1H,(H2,9,10). The van der Waals surface area contributed by atoms with Crippen LogP contribution in [0.1, 0.15) is 0 Å². The molecule has 0 atom stereocenters. The maximum atomic E-state index is 12.4. The van der Waals surface area contributed by atoms with Gasteiger partial charge >= 0.3 is 0 Å². The molecular weight excluding hydrogens is 253 g/mol. The van der Waals surface area contributed by atoms with Crippen molar-refractivity contribution in [2.45, 2.75) is 0 Å². The summed E-state index contributed by atoms with van der Waals surface area (Å²) >= 11 is 1.64. The number of anilines is 1. The van der Waals surface area contributed by atoms with Gasteiger partial charge < -0.3 is 5.73 Å². The fraction of sp³-hybridized carbons (Fsp3) is 0. The highest BCUT2D eigenvalue weighted by Gasteiger charge is 2.07. The monoisotopic (exact) mass is 256 g/mol. The number of nitrogens with two attached hydrogens (primary N) is 1. The highest BCUT2D eigenvalue weighted by molar-refractivity contribution is 14.1. The molecule has 0 aromatic carbocycles. The van der Waals surface area contributed by atoms with Crippen molar-refractivity contribution >= 4 is 28.4 Å². The predicted octanol–water partition coefficient (Wildman–Crippen LogP) is 1.55. The number of pyridine rings is 1. The second-order valence-electron chi connectivity index (χ2n) is 1.63. The lowest BCUT2D eigenvalue weighted by atomic mass is 10.4. The van der Waals surface area contributed by atoms with Crippen molar-refractivity contribution in [3.8, 4) is 0 Å². The Balaban J connectivity index is 3.31. The topological polar surface area (TPSA) is 38.9 Å². The summed E-state index contributed by atoms with van der Waals surface area (Å²) in [6.07, 6.45) is 0. The third-order valence-electron chi connectivity index (χ3n) is 0.893. The van der Waals surface area contributed by atoms with Crippen LogP contribution in [-0.4, -0.2) is 4.98 Å². The van der Waals surface area contributed by atoms with Crippen molar-refractivity contribution < 1.29 is 8.78 Å². The van der Waals surface area contributed by atoms with E-state index in [0.29, 0.717) is 0 Å². The first-order valence-corrected chi connectivity index (χ1v) is 3.46. The van der Waals surface area contributed by atoms with Gasteiger partial charge in [-0.3, -0.25) is 0 Å². The third-order valence-corrected chi connectivity index (χ3v) is 1.68. The first-order chi connectivity index (χ1) is 4.61. The molecule has 0 saturated carbocycles. The summed E-state index contributed by atoms with van der Waals surface area (Å²) in [5.74, 6) is -2.11. The minimum atomic E-state index is -1.15. The number of halogens is 3. The van der Waals surface area contributed by atoms with E-state index in [9.17, 15) is 8.78 Å². The van der Waals surface area contributed by atoms with E-state index in [4.69, 9.17) is 5.73 Å². The van der Waals surface area contributed by atoms with Crippen molar-refractivity contribution in [1.82, 2.24) is 4.98 Å². The maximum absolute atomic E-state index is 12.4. The molecular formula is C5H3F2IN2. The molecule has 0 amide bonds. The first-order valence-electron chi connectivity index (χ1n) is 2.38. The summed E-state index contributed by atoms with van der Waals surface area (Å²) in [7, 11) is 0. The second kappa shape index (κ2) is 2.65. The van der Waals surface area contributed by atoms with Gasteiger partial charge in [0, 0.05) is 0 Å². The van der Waals surface area contributed by atoms with Crippen LogP contribution in [0, 0.1) is 15.3 Å². The van der Waals surface area contributed by atoms with E-state index < -0.39 is 11.8 Å². The van der Waals surface area contributed by atoms with E-state index in [0.717, 1.165) is 0 Å². The molecule has 2 N–H and O–H groups in total. The van der Waals surface area contributed by atoms with Gasteiger partial charge in [0.15, 0.2) is 5.82 Å². The van der Waals surface area contributed by atoms with Crippen LogP contribution in [0.5, 0.6) is 0 Å². The number of nitrogens with zero attached hydrogens (tertiary/aromatic N) is 1. The summed E-state index contributed by atoms with van der Waals surface area (Å²) in [5, 5.41) is 0. The number of rotatable bonds is 0. The Morgan fingerprint density at radius 3 is 2.60 bits per heavy atom. The van der Waals surface area contributed by atoms with Crippen molar-refractivity contribution in [3.63, 3.8) is 0 Å². The lowest BCUT2D eigenvalue weighted by Crippen LogP contribution is -1.98. The van der Waals surface area contributed by atoms with Crippen LogP contribution in [-0.2, 0) is 0 Å². The quantitative estimate of drug-likeness (QED) is 0.565. The minimum absolute atomic E-state index is 0.0108. The van der Waals surface area contributed by atoms with Crippen molar-refractivity contribution in [2.24, 2.45) is 0 Å². The number of hydrogen-bond donors (Lipinski definition) is 1. The second-order valence-corrected chi connectivity index (χ2v) is 2.80. The summed E-state index contributed by atoms with van der Waals surface area (Å²) in [4.78, 5) is 3.07. The fourth-order valence-corrected chi connectivity index (χ4v) is 1.03. The summed E-state index contributed by atoms with van der Waals surface area (Å²) in [6, 6.07) is 1.26. The van der Waals surface area contributed by atoms with Crippen LogP contribution in [0.25, 0.3) is 0 Å². The van der Waals surface area contributed by atoms with Gasteiger partial charge in [-0.05, 0) is 28.7 Å². The summed E-state index contributed by atoms with van der Waals surface area (Å²) in [6.45, 7) is 0. The zero-order chi connectivity index (χ0) is 7.72. The Kier molecular flexibility index (Phi) is 2.02. The molecule has 0 bridgehead atoms. The number of aromatic nitrogens is 1. The van der Waals surface area contributed by atoms with Crippen LogP contribution in [0.2, 0.25) is 0 Å². The Morgan fingerprint density at radius 2 is 2.10 bits per heavy atom. The molecule has 10 heavy (non-hydrogen) atoms. The van der Waals surface area contributed by atoms with Crippen LogP contribution in [0.3, 0.4) is 0 Å².